The average molecular weight is 485 g/mol. The van der Waals surface area contributed by atoms with E-state index in [2.05, 4.69) is 4.98 Å². The zero-order chi connectivity index (χ0) is 23.7. The average Bonchev–Trinajstić information content (AvgIpc) is 3.04. The number of phenols is 1. The Morgan fingerprint density at radius 1 is 1.09 bits per heavy atom. The lowest BCUT2D eigenvalue weighted by molar-refractivity contribution is -0.140. The predicted molar refractivity (Wildman–Crippen MR) is 123 cm³/mol. The van der Waals surface area contributed by atoms with Crippen LogP contribution in [0.1, 0.15) is 22.7 Å². The van der Waals surface area contributed by atoms with E-state index in [9.17, 15) is 19.8 Å². The first-order valence-electron chi connectivity index (χ1n) is 9.81. The fourth-order valence-corrected chi connectivity index (χ4v) is 4.46. The number of carbonyl (C=O) groups is 2. The molecule has 0 spiro atoms. The van der Waals surface area contributed by atoms with Crippen molar-refractivity contribution in [3.05, 3.63) is 93.2 Å². The summed E-state index contributed by atoms with van der Waals surface area (Å²) in [6.45, 7) is 0.0916. The molecule has 4 rings (SSSR count). The van der Waals surface area contributed by atoms with E-state index in [1.54, 1.807) is 36.7 Å². The van der Waals surface area contributed by atoms with Crippen molar-refractivity contribution in [1.29, 1.82) is 0 Å². The summed E-state index contributed by atoms with van der Waals surface area (Å²) >= 11 is 12.4. The maximum atomic E-state index is 13.1. The topological polar surface area (TPSA) is 100.0 Å². The Bertz CT molecular complexity index is 1250. The molecule has 2 heterocycles. The molecule has 0 saturated carbocycles. The Hall–Kier alpha value is -3.55. The molecule has 0 aliphatic carbocycles. The van der Waals surface area contributed by atoms with Crippen molar-refractivity contribution in [2.24, 2.45) is 0 Å². The lowest BCUT2D eigenvalue weighted by Crippen LogP contribution is -2.29. The van der Waals surface area contributed by atoms with Crippen LogP contribution in [0, 0.1) is 0 Å². The first kappa shape index (κ1) is 22.6. The number of benzene rings is 2. The number of halogens is 2. The molecule has 1 fully saturated rings. The molecule has 1 saturated heterocycles. The van der Waals surface area contributed by atoms with Crippen molar-refractivity contribution in [2.45, 2.75) is 12.6 Å². The lowest BCUT2D eigenvalue weighted by atomic mass is 9.95. The second-order valence-electron chi connectivity index (χ2n) is 7.35. The molecule has 9 heteroatoms. The number of methoxy groups -OCH3 is 1. The molecule has 3 aromatic rings. The number of amides is 1. The summed E-state index contributed by atoms with van der Waals surface area (Å²) in [5, 5.41) is 21.4. The summed E-state index contributed by atoms with van der Waals surface area (Å²) < 4.78 is 5.14. The molecule has 1 amide bonds. The fourth-order valence-electron chi connectivity index (χ4n) is 3.82. The zero-order valence-electron chi connectivity index (χ0n) is 17.3. The highest BCUT2D eigenvalue weighted by Crippen LogP contribution is 2.43. The van der Waals surface area contributed by atoms with E-state index in [4.69, 9.17) is 27.9 Å². The van der Waals surface area contributed by atoms with Gasteiger partial charge in [0.2, 0.25) is 0 Å². The first-order chi connectivity index (χ1) is 15.8. The van der Waals surface area contributed by atoms with Crippen molar-refractivity contribution in [3.8, 4) is 11.5 Å². The smallest absolute Gasteiger partial charge is 0.295 e. The Morgan fingerprint density at radius 3 is 2.36 bits per heavy atom. The first-order valence-corrected chi connectivity index (χ1v) is 10.6. The molecular formula is C24H18Cl2N2O5. The van der Waals surface area contributed by atoms with Crippen molar-refractivity contribution in [3.63, 3.8) is 0 Å². The van der Waals surface area contributed by atoms with Crippen molar-refractivity contribution >= 4 is 40.7 Å². The summed E-state index contributed by atoms with van der Waals surface area (Å²) in [5.41, 5.74) is 1.21. The third kappa shape index (κ3) is 4.25. The van der Waals surface area contributed by atoms with Crippen LogP contribution in [-0.4, -0.2) is 38.9 Å². The number of pyridine rings is 1. The Morgan fingerprint density at radius 2 is 1.76 bits per heavy atom. The molecule has 0 radical (unpaired) electrons. The Balaban J connectivity index is 1.90. The van der Waals surface area contributed by atoms with Gasteiger partial charge in [-0.3, -0.25) is 14.6 Å². The minimum Gasteiger partial charge on any atom is -0.508 e. The van der Waals surface area contributed by atoms with Crippen LogP contribution >= 0.6 is 23.2 Å². The van der Waals surface area contributed by atoms with Crippen LogP contribution in [0.25, 0.3) is 5.76 Å². The summed E-state index contributed by atoms with van der Waals surface area (Å²) in [4.78, 5) is 31.5. The number of aliphatic hydroxyl groups excluding tert-OH is 1. The van der Waals surface area contributed by atoms with Gasteiger partial charge >= 0.3 is 0 Å². The molecule has 2 N–H and O–H groups in total. The molecular weight excluding hydrogens is 467 g/mol. The summed E-state index contributed by atoms with van der Waals surface area (Å²) in [7, 11) is 1.40. The number of aromatic hydroxyl groups is 1. The molecule has 7 nitrogen and oxygen atoms in total. The van der Waals surface area contributed by atoms with Crippen molar-refractivity contribution < 1.29 is 24.5 Å². The normalized spacial score (nSPS) is 17.4. The van der Waals surface area contributed by atoms with Gasteiger partial charge in [0.25, 0.3) is 11.7 Å². The standard InChI is InChI=1S/C24H18Cl2N2O5/c1-33-23-17(25)10-15(11-18(23)26)21(30)19-20(14-3-2-4-16(29)9-14)28(24(32)22(19)31)12-13-5-7-27-8-6-13/h2-11,20,29-30H,12H2,1H3/b21-19+. The molecule has 168 valence electrons. The van der Waals surface area contributed by atoms with E-state index in [0.717, 1.165) is 5.56 Å². The van der Waals surface area contributed by atoms with Gasteiger partial charge in [-0.25, -0.2) is 0 Å². The fraction of sp³-hybridized carbons (Fsp3) is 0.125. The lowest BCUT2D eigenvalue weighted by Gasteiger charge is -2.25. The molecule has 1 aliphatic heterocycles. The van der Waals surface area contributed by atoms with E-state index in [1.165, 1.54) is 36.3 Å². The Kier molecular flexibility index (Phi) is 6.26. The maximum Gasteiger partial charge on any atom is 0.295 e. The molecule has 2 aromatic carbocycles. The maximum absolute atomic E-state index is 13.1. The van der Waals surface area contributed by atoms with Crippen molar-refractivity contribution in [2.75, 3.05) is 7.11 Å². The monoisotopic (exact) mass is 484 g/mol. The van der Waals surface area contributed by atoms with Gasteiger partial charge in [-0.1, -0.05) is 35.3 Å². The highest BCUT2D eigenvalue weighted by molar-refractivity contribution is 6.46. The SMILES string of the molecule is COc1c(Cl)cc(/C(O)=C2\C(=O)C(=O)N(Cc3ccncc3)C2c2cccc(O)c2)cc1Cl. The van der Waals surface area contributed by atoms with Gasteiger partial charge < -0.3 is 19.8 Å². The number of carbonyl (C=O) groups excluding carboxylic acids is 2. The number of ketones is 1. The minimum absolute atomic E-state index is 0.0439. The van der Waals surface area contributed by atoms with Gasteiger partial charge in [-0.15, -0.1) is 0 Å². The van der Waals surface area contributed by atoms with Crippen LogP contribution in [0.15, 0.2) is 66.5 Å². The molecule has 1 atom stereocenters. The largest absolute Gasteiger partial charge is 0.508 e. The van der Waals surface area contributed by atoms with Gasteiger partial charge in [0, 0.05) is 24.5 Å². The van der Waals surface area contributed by atoms with Crippen LogP contribution in [0.4, 0.5) is 0 Å². The third-order valence-electron chi connectivity index (χ3n) is 5.30. The molecule has 1 aliphatic rings. The van der Waals surface area contributed by atoms with Crippen LogP contribution in [0.3, 0.4) is 0 Å². The quantitative estimate of drug-likeness (QED) is 0.308. The highest BCUT2D eigenvalue weighted by atomic mass is 35.5. The van der Waals surface area contributed by atoms with Crippen LogP contribution in [0.5, 0.6) is 11.5 Å². The zero-order valence-corrected chi connectivity index (χ0v) is 18.8. The molecule has 33 heavy (non-hydrogen) atoms. The number of nitrogens with zero attached hydrogens (tertiary/aromatic N) is 2. The summed E-state index contributed by atoms with van der Waals surface area (Å²) in [6, 6.07) is 11.5. The number of phenolic OH excluding ortho intramolecular Hbond substituents is 1. The summed E-state index contributed by atoms with van der Waals surface area (Å²) in [5.74, 6) is -1.91. The van der Waals surface area contributed by atoms with Gasteiger partial charge in [-0.2, -0.15) is 0 Å². The number of ether oxygens (including phenoxy) is 1. The minimum atomic E-state index is -0.954. The van der Waals surface area contributed by atoms with E-state index in [0.29, 0.717) is 5.56 Å². The molecule has 1 aromatic heterocycles. The van der Waals surface area contributed by atoms with Crippen LogP contribution in [0.2, 0.25) is 10.0 Å². The number of hydrogen-bond donors (Lipinski definition) is 2. The number of aliphatic hydroxyl groups is 1. The van der Waals surface area contributed by atoms with E-state index >= 15 is 0 Å². The van der Waals surface area contributed by atoms with Crippen LogP contribution in [-0.2, 0) is 16.1 Å². The summed E-state index contributed by atoms with van der Waals surface area (Å²) in [6.07, 6.45) is 3.16. The second-order valence-corrected chi connectivity index (χ2v) is 8.16. The second kappa shape index (κ2) is 9.13. The molecule has 1 unspecified atom stereocenters. The number of Topliss-reactive ketones (excluding diaryl/α,β-unsaturated/α-hetero) is 1. The number of aromatic nitrogens is 1. The van der Waals surface area contributed by atoms with Gasteiger partial charge in [0.1, 0.15) is 11.5 Å². The highest BCUT2D eigenvalue weighted by Gasteiger charge is 2.46. The number of hydrogen-bond acceptors (Lipinski definition) is 6. The van der Waals surface area contributed by atoms with E-state index in [-0.39, 0.29) is 39.2 Å². The Labute approximate surface area is 199 Å². The number of likely N-dealkylation sites (tertiary alicyclic amines) is 1. The number of rotatable bonds is 5. The third-order valence-corrected chi connectivity index (χ3v) is 5.87. The van der Waals surface area contributed by atoms with E-state index in [1.807, 2.05) is 0 Å². The van der Waals surface area contributed by atoms with Crippen LogP contribution < -0.4 is 4.74 Å². The van der Waals surface area contributed by atoms with Crippen molar-refractivity contribution in [1.82, 2.24) is 9.88 Å². The predicted octanol–water partition coefficient (Wildman–Crippen LogP) is 4.72. The molecule has 0 bridgehead atoms. The van der Waals surface area contributed by atoms with Gasteiger partial charge in [-0.05, 0) is 47.5 Å². The van der Waals surface area contributed by atoms with Gasteiger partial charge in [0.15, 0.2) is 5.75 Å². The van der Waals surface area contributed by atoms with Gasteiger partial charge in [0.05, 0.1) is 28.8 Å². The van der Waals surface area contributed by atoms with E-state index < -0.39 is 23.5 Å².